The molecule has 152 valence electrons. The topological polar surface area (TPSA) is 79.4 Å². The van der Waals surface area contributed by atoms with Crippen LogP contribution in [-0.4, -0.2) is 22.3 Å². The number of hydrazone groups is 1. The Hall–Kier alpha value is -4.19. The van der Waals surface area contributed by atoms with Crippen molar-refractivity contribution in [1.82, 2.24) is 15.6 Å². The molecule has 31 heavy (non-hydrogen) atoms. The summed E-state index contributed by atoms with van der Waals surface area (Å²) < 4.78 is 5.83. The third-order valence-electron chi connectivity index (χ3n) is 5.23. The molecule has 0 bridgehead atoms. The number of hydrogen-bond donors (Lipinski definition) is 2. The van der Waals surface area contributed by atoms with E-state index in [1.54, 1.807) is 6.21 Å². The van der Waals surface area contributed by atoms with Gasteiger partial charge in [0, 0.05) is 11.1 Å². The summed E-state index contributed by atoms with van der Waals surface area (Å²) in [6.07, 6.45) is 3.25. The maximum atomic E-state index is 12.7. The number of nitrogens with one attached hydrogen (secondary N) is 2. The molecule has 1 heterocycles. The summed E-state index contributed by atoms with van der Waals surface area (Å²) in [5, 5.41) is 11.4. The van der Waals surface area contributed by atoms with E-state index in [2.05, 4.69) is 26.8 Å². The van der Waals surface area contributed by atoms with Crippen LogP contribution in [0.5, 0.6) is 11.5 Å². The molecule has 0 fully saturated rings. The van der Waals surface area contributed by atoms with Gasteiger partial charge in [-0.05, 0) is 48.2 Å². The Morgan fingerprint density at radius 1 is 0.968 bits per heavy atom. The highest BCUT2D eigenvalue weighted by atomic mass is 16.5. The Balaban J connectivity index is 1.28. The van der Waals surface area contributed by atoms with E-state index in [0.29, 0.717) is 11.4 Å². The average molecular weight is 408 g/mol. The minimum absolute atomic E-state index is 0.305. The Kier molecular flexibility index (Phi) is 5.02. The van der Waals surface area contributed by atoms with E-state index in [1.807, 2.05) is 72.8 Å². The van der Waals surface area contributed by atoms with Crippen LogP contribution in [0.3, 0.4) is 0 Å². The molecule has 0 atom stereocenters. The summed E-state index contributed by atoms with van der Waals surface area (Å²) in [4.78, 5) is 12.7. The first-order chi connectivity index (χ1) is 15.3. The van der Waals surface area contributed by atoms with Crippen molar-refractivity contribution in [3.8, 4) is 22.8 Å². The molecule has 0 spiro atoms. The van der Waals surface area contributed by atoms with Crippen molar-refractivity contribution in [3.63, 3.8) is 0 Å². The second-order valence-corrected chi connectivity index (χ2v) is 7.27. The lowest BCUT2D eigenvalue weighted by atomic mass is 9.89. The molecule has 3 aromatic carbocycles. The third-order valence-corrected chi connectivity index (χ3v) is 5.23. The lowest BCUT2D eigenvalue weighted by Crippen LogP contribution is -2.20. The molecule has 6 heteroatoms. The number of aryl methyl sites for hydroxylation is 1. The highest BCUT2D eigenvalue weighted by Gasteiger charge is 2.24. The largest absolute Gasteiger partial charge is 0.457 e. The van der Waals surface area contributed by atoms with E-state index < -0.39 is 0 Å². The second kappa shape index (κ2) is 8.28. The first kappa shape index (κ1) is 18.8. The minimum Gasteiger partial charge on any atom is -0.457 e. The summed E-state index contributed by atoms with van der Waals surface area (Å²) in [5.74, 6) is 1.15. The van der Waals surface area contributed by atoms with Gasteiger partial charge in [-0.25, -0.2) is 5.43 Å². The second-order valence-electron chi connectivity index (χ2n) is 7.27. The predicted octanol–water partition coefficient (Wildman–Crippen LogP) is 4.73. The molecule has 1 aromatic heterocycles. The number of ether oxygens (including phenoxy) is 1. The van der Waals surface area contributed by atoms with Crippen molar-refractivity contribution in [2.24, 2.45) is 5.10 Å². The number of para-hydroxylation sites is 1. The van der Waals surface area contributed by atoms with E-state index in [9.17, 15) is 4.79 Å². The van der Waals surface area contributed by atoms with Gasteiger partial charge in [0.25, 0.3) is 5.91 Å². The van der Waals surface area contributed by atoms with Gasteiger partial charge >= 0.3 is 0 Å². The maximum Gasteiger partial charge on any atom is 0.289 e. The van der Waals surface area contributed by atoms with Gasteiger partial charge < -0.3 is 4.74 Å². The summed E-state index contributed by atoms with van der Waals surface area (Å²) in [6.45, 7) is 0. The molecule has 5 rings (SSSR count). The van der Waals surface area contributed by atoms with Crippen LogP contribution in [0, 0.1) is 0 Å². The van der Waals surface area contributed by atoms with Crippen LogP contribution in [0.4, 0.5) is 0 Å². The summed E-state index contributed by atoms with van der Waals surface area (Å²) in [7, 11) is 0. The Labute approximate surface area is 179 Å². The fourth-order valence-corrected chi connectivity index (χ4v) is 3.75. The van der Waals surface area contributed by atoms with E-state index in [0.717, 1.165) is 41.0 Å². The highest BCUT2D eigenvalue weighted by molar-refractivity contribution is 5.96. The van der Waals surface area contributed by atoms with Gasteiger partial charge in [0.05, 0.1) is 11.9 Å². The standard InChI is InChI=1S/C25H20N4O2/c30-25(24-22-14-13-18-8-4-5-12-21(18)23(22)27-28-24)29-26-16-17-7-6-11-20(15-17)31-19-9-2-1-3-10-19/h1-12,15-16H,13-14H2,(H,27,28)(H,29,30). The van der Waals surface area contributed by atoms with Gasteiger partial charge in [-0.15, -0.1) is 0 Å². The van der Waals surface area contributed by atoms with Crippen molar-refractivity contribution in [3.05, 3.63) is 101 Å². The first-order valence-corrected chi connectivity index (χ1v) is 10.1. The normalized spacial score (nSPS) is 12.3. The highest BCUT2D eigenvalue weighted by Crippen LogP contribution is 2.33. The first-order valence-electron chi connectivity index (χ1n) is 10.1. The SMILES string of the molecule is O=C(NN=Cc1cccc(Oc2ccccc2)c1)c1[nH]nc2c1CCc1ccccc1-2. The summed E-state index contributed by atoms with van der Waals surface area (Å²) in [5.41, 5.74) is 7.99. The van der Waals surface area contributed by atoms with Crippen molar-refractivity contribution in [2.75, 3.05) is 0 Å². The number of H-pyrrole nitrogens is 1. The third kappa shape index (κ3) is 3.96. The molecule has 0 unspecified atom stereocenters. The zero-order valence-corrected chi connectivity index (χ0v) is 16.7. The Bertz CT molecular complexity index is 1260. The number of aromatic amines is 1. The fraction of sp³-hybridized carbons (Fsp3) is 0.0800. The lowest BCUT2D eigenvalue weighted by Gasteiger charge is -2.15. The summed E-state index contributed by atoms with van der Waals surface area (Å²) in [6, 6.07) is 25.2. The molecule has 0 saturated heterocycles. The zero-order chi connectivity index (χ0) is 21.0. The van der Waals surface area contributed by atoms with Gasteiger partial charge in [0.2, 0.25) is 0 Å². The van der Waals surface area contributed by atoms with Crippen molar-refractivity contribution >= 4 is 12.1 Å². The smallest absolute Gasteiger partial charge is 0.289 e. The van der Waals surface area contributed by atoms with Gasteiger partial charge in [-0.1, -0.05) is 54.6 Å². The molecule has 2 N–H and O–H groups in total. The Morgan fingerprint density at radius 3 is 2.68 bits per heavy atom. The van der Waals surface area contributed by atoms with E-state index in [-0.39, 0.29) is 5.91 Å². The average Bonchev–Trinajstić information content (AvgIpc) is 3.25. The van der Waals surface area contributed by atoms with E-state index in [1.165, 1.54) is 5.56 Å². The van der Waals surface area contributed by atoms with Gasteiger partial charge in [0.15, 0.2) is 0 Å². The quantitative estimate of drug-likeness (QED) is 0.370. The number of amides is 1. The molecule has 6 nitrogen and oxygen atoms in total. The Morgan fingerprint density at radius 2 is 1.77 bits per heavy atom. The molecule has 0 aliphatic heterocycles. The van der Waals surface area contributed by atoms with Gasteiger partial charge in [-0.2, -0.15) is 10.2 Å². The number of fused-ring (bicyclic) bond motifs is 3. The number of rotatable bonds is 5. The summed E-state index contributed by atoms with van der Waals surface area (Å²) >= 11 is 0. The molecular formula is C25H20N4O2. The monoisotopic (exact) mass is 408 g/mol. The number of hydrogen-bond acceptors (Lipinski definition) is 4. The van der Waals surface area contributed by atoms with Crippen molar-refractivity contribution in [1.29, 1.82) is 0 Å². The van der Waals surface area contributed by atoms with Crippen LogP contribution < -0.4 is 10.2 Å². The molecule has 1 aliphatic rings. The number of benzene rings is 3. The predicted molar refractivity (Wildman–Crippen MR) is 119 cm³/mol. The number of carbonyl (C=O) groups excluding carboxylic acids is 1. The van der Waals surface area contributed by atoms with Crippen LogP contribution in [0.15, 0.2) is 84.0 Å². The number of nitrogens with zero attached hydrogens (tertiary/aromatic N) is 2. The van der Waals surface area contributed by atoms with Crippen molar-refractivity contribution < 1.29 is 9.53 Å². The number of aromatic nitrogens is 2. The van der Waals surface area contributed by atoms with Crippen LogP contribution in [0.2, 0.25) is 0 Å². The van der Waals surface area contributed by atoms with E-state index >= 15 is 0 Å². The number of carbonyl (C=O) groups is 1. The van der Waals surface area contributed by atoms with Crippen LogP contribution >= 0.6 is 0 Å². The molecule has 1 amide bonds. The molecule has 4 aromatic rings. The molecule has 1 aliphatic carbocycles. The van der Waals surface area contributed by atoms with Crippen LogP contribution in [-0.2, 0) is 12.8 Å². The van der Waals surface area contributed by atoms with Crippen LogP contribution in [0.1, 0.15) is 27.2 Å². The molecule has 0 radical (unpaired) electrons. The fourth-order valence-electron chi connectivity index (χ4n) is 3.75. The van der Waals surface area contributed by atoms with Crippen molar-refractivity contribution in [2.45, 2.75) is 12.8 Å². The zero-order valence-electron chi connectivity index (χ0n) is 16.7. The molecule has 0 saturated carbocycles. The van der Waals surface area contributed by atoms with E-state index in [4.69, 9.17) is 4.74 Å². The van der Waals surface area contributed by atoms with Crippen LogP contribution in [0.25, 0.3) is 11.3 Å². The molecular weight excluding hydrogens is 388 g/mol. The van der Waals surface area contributed by atoms with Gasteiger partial charge in [0.1, 0.15) is 17.2 Å². The lowest BCUT2D eigenvalue weighted by molar-refractivity contribution is 0.0949. The maximum absolute atomic E-state index is 12.7. The van der Waals surface area contributed by atoms with Gasteiger partial charge in [-0.3, -0.25) is 9.89 Å². The minimum atomic E-state index is -0.305.